The van der Waals surface area contributed by atoms with Gasteiger partial charge in [0.2, 0.25) is 5.95 Å². The molecule has 1 aliphatic heterocycles. The Hall–Kier alpha value is -3.09. The van der Waals surface area contributed by atoms with Crippen molar-refractivity contribution in [3.8, 4) is 23.1 Å². The van der Waals surface area contributed by atoms with E-state index in [2.05, 4.69) is 36.3 Å². The van der Waals surface area contributed by atoms with Gasteiger partial charge in [-0.1, -0.05) is 5.92 Å². The first kappa shape index (κ1) is 22.7. The fourth-order valence-electron chi connectivity index (χ4n) is 4.76. The smallest absolute Gasteiger partial charge is 0.220 e. The van der Waals surface area contributed by atoms with Gasteiger partial charge in [-0.2, -0.15) is 0 Å². The highest BCUT2D eigenvalue weighted by atomic mass is 19.1. The van der Waals surface area contributed by atoms with Gasteiger partial charge in [0.15, 0.2) is 5.82 Å². The maximum Gasteiger partial charge on any atom is 0.220 e. The van der Waals surface area contributed by atoms with E-state index >= 15 is 0 Å². The van der Waals surface area contributed by atoms with Crippen LogP contribution in [-0.4, -0.2) is 61.4 Å². The van der Waals surface area contributed by atoms with Crippen molar-refractivity contribution in [1.82, 2.24) is 24.4 Å². The summed E-state index contributed by atoms with van der Waals surface area (Å²) in [7, 11) is 0. The summed E-state index contributed by atoms with van der Waals surface area (Å²) in [6, 6.07) is 1.98. The van der Waals surface area contributed by atoms with Gasteiger partial charge in [0.05, 0.1) is 17.9 Å². The molecular formula is C25H28F2N6O. The molecular weight excluding hydrogens is 438 g/mol. The van der Waals surface area contributed by atoms with E-state index in [9.17, 15) is 13.9 Å². The number of fused-ring (bicyclic) bond motifs is 1. The number of aliphatic hydroxyl groups is 1. The van der Waals surface area contributed by atoms with Gasteiger partial charge in [-0.05, 0) is 50.5 Å². The molecule has 2 aliphatic rings. The Morgan fingerprint density at radius 3 is 2.68 bits per heavy atom. The van der Waals surface area contributed by atoms with Crippen LogP contribution in [0.1, 0.15) is 44.3 Å². The maximum atomic E-state index is 14.8. The van der Waals surface area contributed by atoms with E-state index < -0.39 is 11.4 Å². The van der Waals surface area contributed by atoms with Crippen LogP contribution in [0.25, 0.3) is 22.2 Å². The van der Waals surface area contributed by atoms with Crippen LogP contribution < -0.4 is 5.73 Å². The molecule has 0 amide bonds. The predicted octanol–water partition coefficient (Wildman–Crippen LogP) is 3.33. The van der Waals surface area contributed by atoms with Gasteiger partial charge in [-0.3, -0.25) is 0 Å². The second-order valence-corrected chi connectivity index (χ2v) is 9.40. The van der Waals surface area contributed by atoms with E-state index in [1.807, 2.05) is 12.3 Å². The molecule has 34 heavy (non-hydrogen) atoms. The lowest BCUT2D eigenvalue weighted by molar-refractivity contribution is 0.0980. The van der Waals surface area contributed by atoms with Crippen molar-refractivity contribution in [3.05, 3.63) is 36.2 Å². The zero-order valence-corrected chi connectivity index (χ0v) is 19.1. The van der Waals surface area contributed by atoms with Crippen molar-refractivity contribution in [3.63, 3.8) is 0 Å². The van der Waals surface area contributed by atoms with Crippen LogP contribution in [0, 0.1) is 23.6 Å². The third-order valence-corrected chi connectivity index (χ3v) is 6.90. The summed E-state index contributed by atoms with van der Waals surface area (Å²) in [5, 5.41) is 11.3. The van der Waals surface area contributed by atoms with Gasteiger partial charge in [-0.15, -0.1) is 0 Å². The Balaban J connectivity index is 1.57. The number of nitrogens with zero attached hydrogens (tertiary/aromatic N) is 5. The highest BCUT2D eigenvalue weighted by molar-refractivity contribution is 5.95. The molecule has 9 heteroatoms. The monoisotopic (exact) mass is 466 g/mol. The largest absolute Gasteiger partial charge is 0.378 e. The van der Waals surface area contributed by atoms with Crippen molar-refractivity contribution in [2.75, 3.05) is 32.0 Å². The minimum Gasteiger partial charge on any atom is -0.378 e. The number of likely N-dealkylation sites (tertiary alicyclic amines) is 1. The number of halogens is 2. The van der Waals surface area contributed by atoms with Crippen LogP contribution in [-0.2, 0) is 0 Å². The molecule has 4 heterocycles. The van der Waals surface area contributed by atoms with Gasteiger partial charge in [0, 0.05) is 42.8 Å². The zero-order valence-electron chi connectivity index (χ0n) is 19.1. The molecule has 0 radical (unpaired) electrons. The summed E-state index contributed by atoms with van der Waals surface area (Å²) in [5.74, 6) is 5.57. The summed E-state index contributed by atoms with van der Waals surface area (Å²) >= 11 is 0. The zero-order chi connectivity index (χ0) is 23.9. The lowest BCUT2D eigenvalue weighted by atomic mass is 10.0. The molecule has 1 unspecified atom stereocenters. The van der Waals surface area contributed by atoms with Crippen LogP contribution in [0.15, 0.2) is 24.7 Å². The Bertz CT molecular complexity index is 1270. The average Bonchev–Trinajstić information content (AvgIpc) is 3.63. The molecule has 7 nitrogen and oxygen atoms in total. The van der Waals surface area contributed by atoms with Gasteiger partial charge < -0.3 is 20.3 Å². The molecule has 0 spiro atoms. The molecule has 0 aromatic carbocycles. The van der Waals surface area contributed by atoms with E-state index in [1.54, 1.807) is 13.1 Å². The first-order valence-corrected chi connectivity index (χ1v) is 11.7. The molecule has 3 aromatic rings. The van der Waals surface area contributed by atoms with Crippen molar-refractivity contribution < 1.29 is 13.9 Å². The molecule has 3 N–H and O–H groups in total. The molecule has 2 fully saturated rings. The number of anilines is 1. The van der Waals surface area contributed by atoms with Crippen molar-refractivity contribution in [2.45, 2.75) is 44.2 Å². The van der Waals surface area contributed by atoms with Crippen LogP contribution in [0.5, 0.6) is 0 Å². The minimum absolute atomic E-state index is 0.00798. The molecule has 0 bridgehead atoms. The van der Waals surface area contributed by atoms with Crippen molar-refractivity contribution in [2.24, 2.45) is 5.92 Å². The van der Waals surface area contributed by atoms with E-state index in [0.29, 0.717) is 17.8 Å². The first-order chi connectivity index (χ1) is 16.4. The Morgan fingerprint density at radius 1 is 1.21 bits per heavy atom. The quantitative estimate of drug-likeness (QED) is 0.561. The number of hydrogen-bond donors (Lipinski definition) is 2. The number of aromatic nitrogens is 4. The van der Waals surface area contributed by atoms with Crippen molar-refractivity contribution >= 4 is 16.9 Å². The summed E-state index contributed by atoms with van der Waals surface area (Å²) in [4.78, 5) is 14.6. The van der Waals surface area contributed by atoms with Crippen LogP contribution in [0.4, 0.5) is 14.7 Å². The Labute approximate surface area is 197 Å². The number of nitrogen functional groups attached to an aromatic ring is 1. The summed E-state index contributed by atoms with van der Waals surface area (Å²) in [5.41, 5.74) is 6.77. The number of rotatable bonds is 5. The highest BCUT2D eigenvalue weighted by Crippen LogP contribution is 2.39. The first-order valence-electron chi connectivity index (χ1n) is 11.7. The molecule has 3 aromatic heterocycles. The lowest BCUT2D eigenvalue weighted by Gasteiger charge is -2.32. The SMILES string of the molecule is CC(O)(C#Cc1cc2c(-c3nc(N)ncc3F)cn(C3CCN(CCF)CC3)c2cn1)C1CC1. The van der Waals surface area contributed by atoms with Crippen LogP contribution in [0.3, 0.4) is 0 Å². The highest BCUT2D eigenvalue weighted by Gasteiger charge is 2.38. The van der Waals surface area contributed by atoms with E-state index in [1.165, 1.54) is 0 Å². The molecule has 1 aliphatic carbocycles. The molecule has 1 saturated carbocycles. The minimum atomic E-state index is -1.05. The van der Waals surface area contributed by atoms with E-state index in [4.69, 9.17) is 5.73 Å². The van der Waals surface area contributed by atoms with Gasteiger partial charge >= 0.3 is 0 Å². The normalized spacial score (nSPS) is 19.1. The Morgan fingerprint density at radius 2 is 1.97 bits per heavy atom. The summed E-state index contributed by atoms with van der Waals surface area (Å²) in [6.45, 7) is 3.42. The maximum absolute atomic E-state index is 14.8. The fourth-order valence-corrected chi connectivity index (χ4v) is 4.76. The van der Waals surface area contributed by atoms with E-state index in [-0.39, 0.29) is 30.3 Å². The number of alkyl halides is 1. The second kappa shape index (κ2) is 8.93. The van der Waals surface area contributed by atoms with E-state index in [0.717, 1.165) is 55.9 Å². The third-order valence-electron chi connectivity index (χ3n) is 6.90. The van der Waals surface area contributed by atoms with Crippen LogP contribution >= 0.6 is 0 Å². The van der Waals surface area contributed by atoms with Gasteiger partial charge in [0.25, 0.3) is 0 Å². The number of piperidine rings is 1. The van der Waals surface area contributed by atoms with Crippen LogP contribution in [0.2, 0.25) is 0 Å². The second-order valence-electron chi connectivity index (χ2n) is 9.40. The Kier molecular flexibility index (Phi) is 5.96. The van der Waals surface area contributed by atoms with Crippen molar-refractivity contribution in [1.29, 1.82) is 0 Å². The molecule has 1 saturated heterocycles. The molecule has 1 atom stereocenters. The molecule has 5 rings (SSSR count). The third kappa shape index (κ3) is 4.48. The number of nitrogens with two attached hydrogens (primary N) is 1. The summed E-state index contributed by atoms with van der Waals surface area (Å²) < 4.78 is 29.6. The van der Waals surface area contributed by atoms with Gasteiger partial charge in [-0.25, -0.2) is 23.7 Å². The average molecular weight is 467 g/mol. The van der Waals surface area contributed by atoms with Gasteiger partial charge in [0.1, 0.15) is 23.7 Å². The number of pyridine rings is 1. The topological polar surface area (TPSA) is 93.1 Å². The number of hydrogen-bond acceptors (Lipinski definition) is 6. The standard InChI is InChI=1S/C25H28F2N6O/c1-25(34,16-2-3-16)7-4-17-12-19-20(23-21(27)13-30-24(28)31-23)15-33(22(19)14-29-17)18-5-9-32(10-6-18)11-8-26/h12-16,18,34H,2-3,5-6,8-11H2,1H3,(H2,28,30,31). The predicted molar refractivity (Wildman–Crippen MR) is 126 cm³/mol. The lowest BCUT2D eigenvalue weighted by Crippen LogP contribution is -2.35. The summed E-state index contributed by atoms with van der Waals surface area (Å²) in [6.07, 6.45) is 8.35. The fraction of sp³-hybridized carbons (Fsp3) is 0.480. The molecule has 178 valence electrons.